The summed E-state index contributed by atoms with van der Waals surface area (Å²) in [6, 6.07) is 15.7. The van der Waals surface area contributed by atoms with Gasteiger partial charge in [-0.2, -0.15) is 0 Å². The van der Waals surface area contributed by atoms with E-state index in [0.717, 1.165) is 30.8 Å². The van der Waals surface area contributed by atoms with Gasteiger partial charge in [-0.05, 0) is 35.4 Å². The van der Waals surface area contributed by atoms with Crippen LogP contribution in [0.1, 0.15) is 28.5 Å². The molecule has 0 spiro atoms. The molecule has 0 aliphatic carbocycles. The SMILES string of the molecule is O=C(NCc1ccncc1)C(=O)NC[C@@H](c1ccco1)[NH+]1CCc2ccccc2C1. The van der Waals surface area contributed by atoms with Crippen LogP contribution in [-0.4, -0.2) is 29.9 Å². The van der Waals surface area contributed by atoms with Gasteiger partial charge in [-0.25, -0.2) is 0 Å². The van der Waals surface area contributed by atoms with Gasteiger partial charge in [0.25, 0.3) is 0 Å². The van der Waals surface area contributed by atoms with Gasteiger partial charge in [0.15, 0.2) is 11.8 Å². The molecule has 1 aliphatic heterocycles. The standard InChI is InChI=1S/C23H24N4O3/c28-22(25-14-17-7-10-24-11-8-17)23(29)26-15-20(21-6-3-13-30-21)27-12-9-18-4-1-2-5-19(18)16-27/h1-8,10-11,13,20H,9,12,14-16H2,(H,25,28)(H,26,29)/p+1/t20-/m0/s1. The van der Waals surface area contributed by atoms with Crippen LogP contribution in [0.25, 0.3) is 0 Å². The van der Waals surface area contributed by atoms with E-state index in [1.54, 1.807) is 30.8 Å². The maximum atomic E-state index is 12.3. The first kappa shape index (κ1) is 19.8. The Kier molecular flexibility index (Phi) is 6.20. The molecule has 2 atom stereocenters. The molecule has 7 nitrogen and oxygen atoms in total. The number of quaternary nitrogens is 1. The minimum Gasteiger partial charge on any atom is -0.463 e. The molecule has 0 saturated carbocycles. The van der Waals surface area contributed by atoms with Crippen molar-refractivity contribution in [1.82, 2.24) is 15.6 Å². The summed E-state index contributed by atoms with van der Waals surface area (Å²) in [6.45, 7) is 2.40. The van der Waals surface area contributed by atoms with Gasteiger partial charge in [0.2, 0.25) is 0 Å². The number of fused-ring (bicyclic) bond motifs is 1. The molecule has 2 aromatic heterocycles. The highest BCUT2D eigenvalue weighted by Gasteiger charge is 2.31. The van der Waals surface area contributed by atoms with E-state index >= 15 is 0 Å². The number of rotatable bonds is 6. The van der Waals surface area contributed by atoms with Crippen LogP contribution in [0, 0.1) is 0 Å². The third kappa shape index (κ3) is 4.75. The predicted molar refractivity (Wildman–Crippen MR) is 110 cm³/mol. The second-order valence-corrected chi connectivity index (χ2v) is 7.42. The molecule has 0 radical (unpaired) electrons. The fourth-order valence-electron chi connectivity index (χ4n) is 3.87. The van der Waals surface area contributed by atoms with Crippen LogP contribution >= 0.6 is 0 Å². The molecular weight excluding hydrogens is 380 g/mol. The summed E-state index contributed by atoms with van der Waals surface area (Å²) in [6.07, 6.45) is 5.91. The van der Waals surface area contributed by atoms with Crippen LogP contribution in [-0.2, 0) is 29.1 Å². The first-order valence-corrected chi connectivity index (χ1v) is 10.1. The fraction of sp³-hybridized carbons (Fsp3) is 0.261. The Hall–Kier alpha value is -3.45. The number of amides is 2. The number of hydrogen-bond donors (Lipinski definition) is 3. The summed E-state index contributed by atoms with van der Waals surface area (Å²) in [5.74, 6) is -0.483. The lowest BCUT2D eigenvalue weighted by Gasteiger charge is -2.31. The molecule has 1 aliphatic rings. The quantitative estimate of drug-likeness (QED) is 0.529. The second-order valence-electron chi connectivity index (χ2n) is 7.42. The summed E-state index contributed by atoms with van der Waals surface area (Å²) >= 11 is 0. The third-order valence-electron chi connectivity index (χ3n) is 5.51. The zero-order valence-electron chi connectivity index (χ0n) is 16.6. The lowest BCUT2D eigenvalue weighted by Crippen LogP contribution is -3.12. The normalized spacial score (nSPS) is 16.3. The molecule has 3 N–H and O–H groups in total. The van der Waals surface area contributed by atoms with E-state index in [-0.39, 0.29) is 12.6 Å². The maximum absolute atomic E-state index is 12.3. The van der Waals surface area contributed by atoms with Gasteiger partial charge in [0, 0.05) is 30.9 Å². The van der Waals surface area contributed by atoms with Crippen LogP contribution in [0.15, 0.2) is 71.6 Å². The molecule has 154 valence electrons. The van der Waals surface area contributed by atoms with E-state index in [1.807, 2.05) is 12.1 Å². The Bertz CT molecular complexity index is 989. The lowest BCUT2D eigenvalue weighted by molar-refractivity contribution is -0.946. The predicted octanol–water partition coefficient (Wildman–Crippen LogP) is 0.790. The van der Waals surface area contributed by atoms with Crippen LogP contribution < -0.4 is 15.5 Å². The summed E-state index contributed by atoms with van der Waals surface area (Å²) in [7, 11) is 0. The smallest absolute Gasteiger partial charge is 0.309 e. The minimum absolute atomic E-state index is 0.0645. The van der Waals surface area contributed by atoms with Crippen molar-refractivity contribution < 1.29 is 18.9 Å². The molecule has 3 aromatic rings. The van der Waals surface area contributed by atoms with E-state index in [1.165, 1.54) is 16.0 Å². The molecule has 7 heteroatoms. The number of pyridine rings is 1. The van der Waals surface area contributed by atoms with Crippen molar-refractivity contribution in [2.24, 2.45) is 0 Å². The van der Waals surface area contributed by atoms with Crippen LogP contribution in [0.3, 0.4) is 0 Å². The average molecular weight is 405 g/mol. The Morgan fingerprint density at radius 1 is 1.00 bits per heavy atom. The zero-order valence-corrected chi connectivity index (χ0v) is 16.6. The van der Waals surface area contributed by atoms with Gasteiger partial charge in [-0.15, -0.1) is 0 Å². The van der Waals surface area contributed by atoms with Crippen LogP contribution in [0.2, 0.25) is 0 Å². The van der Waals surface area contributed by atoms with Gasteiger partial charge >= 0.3 is 11.8 Å². The summed E-state index contributed by atoms with van der Waals surface area (Å²) in [5, 5.41) is 5.42. The minimum atomic E-state index is -0.649. The van der Waals surface area contributed by atoms with Gasteiger partial charge in [0.1, 0.15) is 6.54 Å². The highest BCUT2D eigenvalue weighted by molar-refractivity contribution is 6.35. The van der Waals surface area contributed by atoms with E-state index in [2.05, 4.69) is 39.9 Å². The number of carbonyl (C=O) groups excluding carboxylic acids is 2. The first-order chi connectivity index (χ1) is 14.7. The molecule has 0 bridgehead atoms. The number of nitrogens with zero attached hydrogens (tertiary/aromatic N) is 1. The largest absolute Gasteiger partial charge is 0.463 e. The van der Waals surface area contributed by atoms with Gasteiger partial charge in [-0.3, -0.25) is 14.6 Å². The Morgan fingerprint density at radius 3 is 2.53 bits per heavy atom. The molecule has 0 saturated heterocycles. The summed E-state index contributed by atoms with van der Waals surface area (Å²) in [5.41, 5.74) is 3.58. The summed E-state index contributed by atoms with van der Waals surface area (Å²) < 4.78 is 5.66. The number of aromatic nitrogens is 1. The number of hydrogen-bond acceptors (Lipinski definition) is 4. The fourth-order valence-corrected chi connectivity index (χ4v) is 3.87. The Balaban J connectivity index is 1.37. The number of nitrogens with one attached hydrogen (secondary N) is 3. The van der Waals surface area contributed by atoms with E-state index in [4.69, 9.17) is 4.42 Å². The number of carbonyl (C=O) groups is 2. The lowest BCUT2D eigenvalue weighted by atomic mass is 9.98. The average Bonchev–Trinajstić information content (AvgIpc) is 3.32. The molecule has 0 fully saturated rings. The highest BCUT2D eigenvalue weighted by Crippen LogP contribution is 2.15. The topological polar surface area (TPSA) is 88.7 Å². The number of benzene rings is 1. The van der Waals surface area contributed by atoms with Gasteiger partial charge in [0.05, 0.1) is 19.4 Å². The van der Waals surface area contributed by atoms with Crippen LogP contribution in [0.4, 0.5) is 0 Å². The highest BCUT2D eigenvalue weighted by atomic mass is 16.3. The molecule has 3 heterocycles. The van der Waals surface area contributed by atoms with Gasteiger partial charge < -0.3 is 20.0 Å². The van der Waals surface area contributed by atoms with Crippen molar-refractivity contribution in [3.8, 4) is 0 Å². The van der Waals surface area contributed by atoms with E-state index < -0.39 is 11.8 Å². The molecule has 4 rings (SSSR count). The molecule has 1 unspecified atom stereocenters. The first-order valence-electron chi connectivity index (χ1n) is 10.1. The van der Waals surface area contributed by atoms with Crippen molar-refractivity contribution in [2.75, 3.05) is 13.1 Å². The van der Waals surface area contributed by atoms with Crippen molar-refractivity contribution in [3.05, 3.63) is 89.6 Å². The van der Waals surface area contributed by atoms with E-state index in [9.17, 15) is 9.59 Å². The van der Waals surface area contributed by atoms with Gasteiger partial charge in [-0.1, -0.05) is 24.3 Å². The molecule has 30 heavy (non-hydrogen) atoms. The summed E-state index contributed by atoms with van der Waals surface area (Å²) in [4.78, 5) is 29.8. The Labute approximate surface area is 175 Å². The van der Waals surface area contributed by atoms with Crippen molar-refractivity contribution in [3.63, 3.8) is 0 Å². The Morgan fingerprint density at radius 2 is 1.77 bits per heavy atom. The van der Waals surface area contributed by atoms with Crippen molar-refractivity contribution in [1.29, 1.82) is 0 Å². The third-order valence-corrected chi connectivity index (χ3v) is 5.51. The van der Waals surface area contributed by atoms with E-state index in [0.29, 0.717) is 6.54 Å². The van der Waals surface area contributed by atoms with Crippen molar-refractivity contribution >= 4 is 11.8 Å². The molecule has 1 aromatic carbocycles. The molecular formula is C23H25N4O3+. The zero-order chi connectivity index (χ0) is 20.8. The second kappa shape index (κ2) is 9.37. The maximum Gasteiger partial charge on any atom is 0.309 e. The number of furan rings is 1. The van der Waals surface area contributed by atoms with Crippen LogP contribution in [0.5, 0.6) is 0 Å². The monoisotopic (exact) mass is 405 g/mol. The molecule has 2 amide bonds. The van der Waals surface area contributed by atoms with Crippen molar-refractivity contribution in [2.45, 2.75) is 25.6 Å².